The van der Waals surface area contributed by atoms with Crippen LogP contribution < -0.4 is 0 Å². The minimum Gasteiger partial charge on any atom is -0.389 e. The summed E-state index contributed by atoms with van der Waals surface area (Å²) >= 11 is 0. The Morgan fingerprint density at radius 3 is 2.07 bits per heavy atom. The van der Waals surface area contributed by atoms with E-state index >= 15 is 0 Å². The van der Waals surface area contributed by atoms with E-state index in [1.165, 1.54) is 51.0 Å². The maximum atomic E-state index is 12.5. The number of unbranched alkanes of at least 4 members (excludes halogenated alkanes) is 8. The Kier molecular flexibility index (Phi) is 11.4. The van der Waals surface area contributed by atoms with E-state index in [9.17, 15) is 4.39 Å². The van der Waals surface area contributed by atoms with E-state index in [4.69, 9.17) is 5.11 Å². The first-order chi connectivity index (χ1) is 7.31. The first-order valence-corrected chi connectivity index (χ1v) is 6.26. The highest BCUT2D eigenvalue weighted by Gasteiger charge is 1.92. The summed E-state index contributed by atoms with van der Waals surface area (Å²) in [7, 11) is 0. The Hall–Kier alpha value is -0.370. The molecule has 0 fully saturated rings. The van der Waals surface area contributed by atoms with Crippen molar-refractivity contribution < 1.29 is 9.50 Å². The third-order valence-corrected chi connectivity index (χ3v) is 2.57. The van der Waals surface area contributed by atoms with Crippen LogP contribution in [0.2, 0.25) is 0 Å². The van der Waals surface area contributed by atoms with Gasteiger partial charge in [0.1, 0.15) is 5.83 Å². The average Bonchev–Trinajstić information content (AvgIpc) is 2.26. The Bertz CT molecular complexity index is 155. The molecule has 0 aliphatic carbocycles. The Labute approximate surface area is 93.4 Å². The van der Waals surface area contributed by atoms with Crippen molar-refractivity contribution in [2.45, 2.75) is 64.7 Å². The van der Waals surface area contributed by atoms with Gasteiger partial charge in [-0.2, -0.15) is 0 Å². The summed E-state index contributed by atoms with van der Waals surface area (Å²) in [6.07, 6.45) is 12.4. The summed E-state index contributed by atoms with van der Waals surface area (Å²) in [5.41, 5.74) is 0. The smallest absolute Gasteiger partial charge is 0.121 e. The predicted molar refractivity (Wildman–Crippen MR) is 63.5 cm³/mol. The molecule has 0 radical (unpaired) electrons. The molecule has 0 spiro atoms. The molecule has 0 aliphatic rings. The van der Waals surface area contributed by atoms with Gasteiger partial charge < -0.3 is 5.11 Å². The van der Waals surface area contributed by atoms with E-state index in [2.05, 4.69) is 6.92 Å². The minimum atomic E-state index is -0.447. The predicted octanol–water partition coefficient (Wildman–Crippen LogP) is 4.36. The maximum Gasteiger partial charge on any atom is 0.121 e. The molecule has 0 aromatic heterocycles. The number of aliphatic hydroxyl groups excluding tert-OH is 1. The molecule has 0 aromatic carbocycles. The van der Waals surface area contributed by atoms with E-state index in [1.54, 1.807) is 0 Å². The lowest BCUT2D eigenvalue weighted by atomic mass is 10.1. The summed E-state index contributed by atoms with van der Waals surface area (Å²) in [6.45, 7) is 1.78. The van der Waals surface area contributed by atoms with Gasteiger partial charge in [0.25, 0.3) is 0 Å². The normalized spacial score (nSPS) is 12.1. The van der Waals surface area contributed by atoms with Crippen LogP contribution in [0.1, 0.15) is 64.7 Å². The molecule has 15 heavy (non-hydrogen) atoms. The van der Waals surface area contributed by atoms with Crippen molar-refractivity contribution in [2.24, 2.45) is 0 Å². The van der Waals surface area contributed by atoms with Crippen LogP contribution in [0.3, 0.4) is 0 Å². The molecule has 0 aromatic rings. The number of halogens is 1. The third kappa shape index (κ3) is 11.6. The monoisotopic (exact) mass is 216 g/mol. The van der Waals surface area contributed by atoms with Crippen LogP contribution >= 0.6 is 0 Å². The lowest BCUT2D eigenvalue weighted by Gasteiger charge is -1.99. The van der Waals surface area contributed by atoms with Crippen molar-refractivity contribution in [2.75, 3.05) is 6.61 Å². The van der Waals surface area contributed by atoms with Crippen LogP contribution in [0.15, 0.2) is 11.9 Å². The van der Waals surface area contributed by atoms with Gasteiger partial charge in [-0.15, -0.1) is 0 Å². The second-order valence-electron chi connectivity index (χ2n) is 4.07. The number of hydrogen-bond acceptors (Lipinski definition) is 1. The van der Waals surface area contributed by atoms with Crippen molar-refractivity contribution in [3.63, 3.8) is 0 Å². The highest BCUT2D eigenvalue weighted by atomic mass is 19.1. The Balaban J connectivity index is 3.05. The lowest BCUT2D eigenvalue weighted by molar-refractivity contribution is 0.297. The van der Waals surface area contributed by atoms with Gasteiger partial charge in [-0.3, -0.25) is 0 Å². The van der Waals surface area contributed by atoms with E-state index < -0.39 is 12.4 Å². The molecule has 90 valence electrons. The second kappa shape index (κ2) is 11.7. The molecule has 0 rings (SSSR count). The van der Waals surface area contributed by atoms with E-state index in [0.29, 0.717) is 0 Å². The van der Waals surface area contributed by atoms with E-state index in [1.807, 2.05) is 0 Å². The number of rotatable bonds is 10. The van der Waals surface area contributed by atoms with Crippen molar-refractivity contribution >= 4 is 0 Å². The van der Waals surface area contributed by atoms with Gasteiger partial charge in [-0.25, -0.2) is 4.39 Å². The summed E-state index contributed by atoms with van der Waals surface area (Å²) in [5, 5.41) is 8.41. The van der Waals surface area contributed by atoms with Crippen LogP contribution in [0.5, 0.6) is 0 Å². The molecule has 0 heterocycles. The van der Waals surface area contributed by atoms with Crippen LogP contribution in [-0.4, -0.2) is 11.7 Å². The summed E-state index contributed by atoms with van der Waals surface area (Å²) in [4.78, 5) is 0. The van der Waals surface area contributed by atoms with Gasteiger partial charge in [0.05, 0.1) is 6.61 Å². The molecule has 0 bridgehead atoms. The van der Waals surface area contributed by atoms with Crippen LogP contribution in [0.25, 0.3) is 0 Å². The molecule has 0 atom stereocenters. The minimum absolute atomic E-state index is 0.391. The fourth-order valence-electron chi connectivity index (χ4n) is 1.60. The van der Waals surface area contributed by atoms with Gasteiger partial charge in [0.15, 0.2) is 0 Å². The quantitative estimate of drug-likeness (QED) is 0.538. The van der Waals surface area contributed by atoms with Crippen LogP contribution in [0.4, 0.5) is 4.39 Å². The third-order valence-electron chi connectivity index (χ3n) is 2.57. The van der Waals surface area contributed by atoms with Gasteiger partial charge in [0.2, 0.25) is 0 Å². The van der Waals surface area contributed by atoms with Crippen LogP contribution in [-0.2, 0) is 0 Å². The molecule has 0 unspecified atom stereocenters. The van der Waals surface area contributed by atoms with Crippen molar-refractivity contribution in [1.29, 1.82) is 0 Å². The number of aliphatic hydroxyl groups is 1. The SMILES string of the molecule is CCCCCCCCCC/C=C(/F)CO. The number of allylic oxidation sites excluding steroid dienone is 1. The Morgan fingerprint density at radius 1 is 1.00 bits per heavy atom. The van der Waals surface area contributed by atoms with Crippen molar-refractivity contribution in [3.05, 3.63) is 11.9 Å². The molecule has 1 N–H and O–H groups in total. The summed E-state index contributed by atoms with van der Waals surface area (Å²) in [5.74, 6) is -0.391. The van der Waals surface area contributed by atoms with Gasteiger partial charge in [-0.05, 0) is 12.8 Å². The first kappa shape index (κ1) is 14.6. The molecule has 1 nitrogen and oxygen atoms in total. The lowest BCUT2D eigenvalue weighted by Crippen LogP contribution is -1.83. The largest absolute Gasteiger partial charge is 0.389 e. The topological polar surface area (TPSA) is 20.2 Å². The molecular weight excluding hydrogens is 191 g/mol. The summed E-state index contributed by atoms with van der Waals surface area (Å²) in [6, 6.07) is 0. The number of hydrogen-bond donors (Lipinski definition) is 1. The zero-order chi connectivity index (χ0) is 11.4. The zero-order valence-electron chi connectivity index (χ0n) is 9.97. The van der Waals surface area contributed by atoms with Crippen molar-refractivity contribution in [1.82, 2.24) is 0 Å². The van der Waals surface area contributed by atoms with Crippen LogP contribution in [0, 0.1) is 0 Å². The van der Waals surface area contributed by atoms with Crippen molar-refractivity contribution in [3.8, 4) is 0 Å². The van der Waals surface area contributed by atoms with Gasteiger partial charge in [0, 0.05) is 0 Å². The molecular formula is C13H25FO. The maximum absolute atomic E-state index is 12.5. The van der Waals surface area contributed by atoms with E-state index in [0.717, 1.165) is 12.8 Å². The average molecular weight is 216 g/mol. The van der Waals surface area contributed by atoms with E-state index in [-0.39, 0.29) is 0 Å². The van der Waals surface area contributed by atoms with Gasteiger partial charge >= 0.3 is 0 Å². The fourth-order valence-corrected chi connectivity index (χ4v) is 1.60. The molecule has 0 amide bonds. The summed E-state index contributed by atoms with van der Waals surface area (Å²) < 4.78 is 12.5. The second-order valence-corrected chi connectivity index (χ2v) is 4.07. The van der Waals surface area contributed by atoms with Gasteiger partial charge in [-0.1, -0.05) is 57.9 Å². The Morgan fingerprint density at radius 2 is 1.53 bits per heavy atom. The molecule has 2 heteroatoms. The first-order valence-electron chi connectivity index (χ1n) is 6.26. The fraction of sp³-hybridized carbons (Fsp3) is 0.846. The highest BCUT2D eigenvalue weighted by Crippen LogP contribution is 2.10. The molecule has 0 saturated heterocycles. The highest BCUT2D eigenvalue weighted by molar-refractivity contribution is 4.90. The zero-order valence-corrected chi connectivity index (χ0v) is 9.97. The molecule has 0 saturated carbocycles. The molecule has 0 aliphatic heterocycles. The standard InChI is InChI=1S/C13H25FO/c1-2-3-4-5-6-7-8-9-10-11-13(14)12-15/h11,15H,2-10,12H2,1H3/b13-11+.